The molecule has 0 aromatic heterocycles. The van der Waals surface area contributed by atoms with E-state index in [1.807, 2.05) is 0 Å². The minimum Gasteiger partial charge on any atom is -0.488 e. The fourth-order valence-electron chi connectivity index (χ4n) is 1.66. The second-order valence-corrected chi connectivity index (χ2v) is 5.76. The van der Waals surface area contributed by atoms with Gasteiger partial charge in [0.05, 0.1) is 10.6 Å². The van der Waals surface area contributed by atoms with Gasteiger partial charge in [-0.1, -0.05) is 51.9 Å². The van der Waals surface area contributed by atoms with Crippen molar-refractivity contribution in [2.24, 2.45) is 5.73 Å². The zero-order valence-corrected chi connectivity index (χ0v) is 13.4. The van der Waals surface area contributed by atoms with Gasteiger partial charge < -0.3 is 10.5 Å². The van der Waals surface area contributed by atoms with E-state index >= 15 is 0 Å². The van der Waals surface area contributed by atoms with Gasteiger partial charge in [-0.05, 0) is 24.3 Å². The molecule has 6 heteroatoms. The van der Waals surface area contributed by atoms with Crippen LogP contribution in [0.3, 0.4) is 0 Å². The Kier molecular flexibility index (Phi) is 4.96. The largest absolute Gasteiger partial charge is 0.488 e. The second-order valence-electron chi connectivity index (χ2n) is 4.00. The molecule has 104 valence electrons. The highest BCUT2D eigenvalue weighted by Crippen LogP contribution is 2.27. The van der Waals surface area contributed by atoms with Crippen LogP contribution in [0.1, 0.15) is 11.1 Å². The van der Waals surface area contributed by atoms with Crippen molar-refractivity contribution in [3.8, 4) is 5.75 Å². The summed E-state index contributed by atoms with van der Waals surface area (Å²) in [4.78, 5) is 0.141. The fraction of sp³-hybridized carbons (Fsp3) is 0.0714. The lowest BCUT2D eigenvalue weighted by molar-refractivity contribution is 0.299. The molecule has 0 saturated heterocycles. The van der Waals surface area contributed by atoms with Gasteiger partial charge in [0.25, 0.3) is 0 Å². The first-order valence-electron chi connectivity index (χ1n) is 5.64. The van der Waals surface area contributed by atoms with Crippen LogP contribution in [0.25, 0.3) is 0 Å². The van der Waals surface area contributed by atoms with Crippen LogP contribution in [0.4, 0.5) is 4.39 Å². The average molecular weight is 375 g/mol. The smallest absolute Gasteiger partial charge is 0.131 e. The van der Waals surface area contributed by atoms with Crippen LogP contribution >= 0.6 is 39.7 Å². The minimum absolute atomic E-state index is 0.0646. The third-order valence-corrected chi connectivity index (χ3v) is 3.63. The van der Waals surface area contributed by atoms with Crippen molar-refractivity contribution in [2.75, 3.05) is 0 Å². The molecule has 0 aliphatic heterocycles. The summed E-state index contributed by atoms with van der Waals surface area (Å²) in [5.41, 5.74) is 6.51. The predicted molar refractivity (Wildman–Crippen MR) is 85.8 cm³/mol. The van der Waals surface area contributed by atoms with Gasteiger partial charge in [-0.3, -0.25) is 0 Å². The first-order chi connectivity index (χ1) is 9.49. The van der Waals surface area contributed by atoms with Crippen LogP contribution < -0.4 is 10.5 Å². The number of hydrogen-bond donors (Lipinski definition) is 1. The Morgan fingerprint density at radius 1 is 1.35 bits per heavy atom. The quantitative estimate of drug-likeness (QED) is 0.803. The summed E-state index contributed by atoms with van der Waals surface area (Å²) < 4.78 is 20.0. The monoisotopic (exact) mass is 373 g/mol. The van der Waals surface area contributed by atoms with Crippen molar-refractivity contribution in [1.82, 2.24) is 0 Å². The predicted octanol–water partition coefficient (Wildman–Crippen LogP) is 4.45. The van der Waals surface area contributed by atoms with E-state index < -0.39 is 0 Å². The van der Waals surface area contributed by atoms with Crippen molar-refractivity contribution < 1.29 is 9.13 Å². The lowest BCUT2D eigenvalue weighted by atomic mass is 10.2. The maximum Gasteiger partial charge on any atom is 0.131 e. The Hall–Kier alpha value is -1.17. The number of halogens is 3. The number of hydrogen-bond acceptors (Lipinski definition) is 2. The molecule has 2 N–H and O–H groups in total. The molecule has 0 aliphatic rings. The average Bonchev–Trinajstić information content (AvgIpc) is 2.37. The minimum atomic E-state index is -0.349. The normalized spacial score (nSPS) is 10.3. The molecule has 0 bridgehead atoms. The Morgan fingerprint density at radius 3 is 2.75 bits per heavy atom. The molecular formula is C14H10BrClFNOS. The highest BCUT2D eigenvalue weighted by Gasteiger charge is 2.12. The fourth-order valence-corrected chi connectivity index (χ4v) is 2.53. The van der Waals surface area contributed by atoms with Crippen molar-refractivity contribution in [1.29, 1.82) is 0 Å². The highest BCUT2D eigenvalue weighted by molar-refractivity contribution is 9.10. The van der Waals surface area contributed by atoms with Gasteiger partial charge in [0.1, 0.15) is 23.2 Å². The molecular weight excluding hydrogens is 365 g/mol. The lowest BCUT2D eigenvalue weighted by Crippen LogP contribution is -2.12. The van der Waals surface area contributed by atoms with E-state index in [4.69, 9.17) is 34.3 Å². The first-order valence-corrected chi connectivity index (χ1v) is 7.22. The number of thiocarbonyl (C=S) groups is 1. The summed E-state index contributed by atoms with van der Waals surface area (Å²) >= 11 is 14.2. The topological polar surface area (TPSA) is 35.2 Å². The molecule has 0 unspecified atom stereocenters. The maximum atomic E-state index is 13.7. The molecule has 2 aromatic rings. The SMILES string of the molecule is NC(=S)c1c(Cl)cccc1OCc1ccc(Br)cc1F. The van der Waals surface area contributed by atoms with E-state index in [2.05, 4.69) is 15.9 Å². The van der Waals surface area contributed by atoms with Crippen LogP contribution in [0, 0.1) is 5.82 Å². The molecule has 0 heterocycles. The summed E-state index contributed by atoms with van der Waals surface area (Å²) in [5, 5.41) is 0.409. The van der Waals surface area contributed by atoms with Gasteiger partial charge >= 0.3 is 0 Å². The van der Waals surface area contributed by atoms with Crippen LogP contribution in [0.5, 0.6) is 5.75 Å². The van der Waals surface area contributed by atoms with E-state index in [1.54, 1.807) is 30.3 Å². The summed E-state index contributed by atoms with van der Waals surface area (Å²) in [6, 6.07) is 9.85. The van der Waals surface area contributed by atoms with Crippen LogP contribution in [-0.4, -0.2) is 4.99 Å². The molecule has 0 spiro atoms. The Morgan fingerprint density at radius 2 is 2.10 bits per heavy atom. The lowest BCUT2D eigenvalue weighted by Gasteiger charge is -2.12. The summed E-state index contributed by atoms with van der Waals surface area (Å²) in [6.07, 6.45) is 0. The van der Waals surface area contributed by atoms with Crippen molar-refractivity contribution >= 4 is 44.7 Å². The molecule has 0 amide bonds. The Balaban J connectivity index is 2.23. The van der Waals surface area contributed by atoms with Gasteiger partial charge in [-0.25, -0.2) is 4.39 Å². The van der Waals surface area contributed by atoms with E-state index in [9.17, 15) is 4.39 Å². The molecule has 0 saturated carbocycles. The van der Waals surface area contributed by atoms with Gasteiger partial charge in [-0.15, -0.1) is 0 Å². The maximum absolute atomic E-state index is 13.7. The van der Waals surface area contributed by atoms with Gasteiger partial charge in [0.15, 0.2) is 0 Å². The standard InChI is InChI=1S/C14H10BrClFNOS/c15-9-5-4-8(11(17)6-9)7-19-12-3-1-2-10(16)13(12)14(18)20/h1-6H,7H2,(H2,18,20). The summed E-state index contributed by atoms with van der Waals surface area (Å²) in [7, 11) is 0. The number of rotatable bonds is 4. The van der Waals surface area contributed by atoms with Gasteiger partial charge in [0, 0.05) is 10.0 Å². The van der Waals surface area contributed by atoms with Crippen molar-refractivity contribution in [3.63, 3.8) is 0 Å². The van der Waals surface area contributed by atoms with Crippen LogP contribution in [-0.2, 0) is 6.61 Å². The number of benzene rings is 2. The third-order valence-electron chi connectivity index (χ3n) is 2.62. The Labute approximate surface area is 134 Å². The zero-order chi connectivity index (χ0) is 14.7. The van der Waals surface area contributed by atoms with Crippen LogP contribution in [0.2, 0.25) is 5.02 Å². The third kappa shape index (κ3) is 3.48. The second kappa shape index (κ2) is 6.52. The van der Waals surface area contributed by atoms with Gasteiger partial charge in [0.2, 0.25) is 0 Å². The van der Waals surface area contributed by atoms with E-state index in [0.29, 0.717) is 26.4 Å². The molecule has 0 atom stereocenters. The molecule has 0 radical (unpaired) electrons. The van der Waals surface area contributed by atoms with E-state index in [-0.39, 0.29) is 17.4 Å². The Bertz CT molecular complexity index is 666. The van der Waals surface area contributed by atoms with E-state index in [0.717, 1.165) is 0 Å². The summed E-state index contributed by atoms with van der Waals surface area (Å²) in [6.45, 7) is 0.0646. The summed E-state index contributed by atoms with van der Waals surface area (Å²) in [5.74, 6) is 0.0885. The zero-order valence-electron chi connectivity index (χ0n) is 10.2. The first kappa shape index (κ1) is 15.2. The number of nitrogens with two attached hydrogens (primary N) is 1. The highest BCUT2D eigenvalue weighted by atomic mass is 79.9. The molecule has 2 rings (SSSR count). The van der Waals surface area contributed by atoms with Gasteiger partial charge in [-0.2, -0.15) is 0 Å². The number of ether oxygens (including phenoxy) is 1. The van der Waals surface area contributed by atoms with Crippen molar-refractivity contribution in [3.05, 3.63) is 62.8 Å². The molecule has 20 heavy (non-hydrogen) atoms. The molecule has 0 fully saturated rings. The molecule has 2 aromatic carbocycles. The molecule has 0 aliphatic carbocycles. The molecule has 2 nitrogen and oxygen atoms in total. The van der Waals surface area contributed by atoms with Crippen molar-refractivity contribution in [2.45, 2.75) is 6.61 Å². The van der Waals surface area contributed by atoms with E-state index in [1.165, 1.54) is 6.07 Å². The van der Waals surface area contributed by atoms with Crippen LogP contribution in [0.15, 0.2) is 40.9 Å².